The van der Waals surface area contributed by atoms with Gasteiger partial charge in [-0.2, -0.15) is 0 Å². The summed E-state index contributed by atoms with van der Waals surface area (Å²) < 4.78 is 5.46. The fourth-order valence-corrected chi connectivity index (χ4v) is 2.59. The number of hydrogen-bond acceptors (Lipinski definition) is 3. The summed E-state index contributed by atoms with van der Waals surface area (Å²) in [6.07, 6.45) is 3.35. The van der Waals surface area contributed by atoms with Crippen LogP contribution in [0.3, 0.4) is 0 Å². The highest BCUT2D eigenvalue weighted by molar-refractivity contribution is 6.33. The minimum atomic E-state index is 0.494. The van der Waals surface area contributed by atoms with E-state index in [2.05, 4.69) is 17.4 Å². The fourth-order valence-electron chi connectivity index (χ4n) is 2.24. The number of hydrogen-bond donors (Lipinski definition) is 1. The number of rotatable bonds is 3. The summed E-state index contributed by atoms with van der Waals surface area (Å²) in [5.74, 6) is 0. The van der Waals surface area contributed by atoms with Crippen molar-refractivity contribution in [1.29, 1.82) is 0 Å². The second-order valence-electron chi connectivity index (χ2n) is 4.95. The van der Waals surface area contributed by atoms with Crippen molar-refractivity contribution in [3.05, 3.63) is 23.2 Å². The molecule has 1 aromatic carbocycles. The maximum Gasteiger partial charge on any atom is 0.0659 e. The van der Waals surface area contributed by atoms with Crippen LogP contribution in [0.5, 0.6) is 0 Å². The quantitative estimate of drug-likeness (QED) is 0.910. The highest BCUT2D eigenvalue weighted by atomic mass is 35.5. The van der Waals surface area contributed by atoms with Crippen molar-refractivity contribution in [2.75, 3.05) is 37.5 Å². The summed E-state index contributed by atoms with van der Waals surface area (Å²) in [5.41, 5.74) is 2.14. The van der Waals surface area contributed by atoms with Crippen LogP contribution in [0.15, 0.2) is 18.2 Å². The van der Waals surface area contributed by atoms with Gasteiger partial charge in [-0.1, -0.05) is 11.6 Å². The average Bonchev–Trinajstić information content (AvgIpc) is 2.57. The second kappa shape index (κ2) is 6.30. The van der Waals surface area contributed by atoms with E-state index < -0.39 is 0 Å². The highest BCUT2D eigenvalue weighted by Crippen LogP contribution is 2.28. The molecule has 1 aliphatic heterocycles. The summed E-state index contributed by atoms with van der Waals surface area (Å²) in [4.78, 5) is 2.02. The zero-order chi connectivity index (χ0) is 13.0. The molecular weight excluding hydrogens is 248 g/mol. The molecule has 1 aromatic rings. The third-order valence-corrected chi connectivity index (χ3v) is 3.55. The smallest absolute Gasteiger partial charge is 0.0659 e. The first-order chi connectivity index (χ1) is 8.66. The van der Waals surface area contributed by atoms with Crippen LogP contribution in [-0.2, 0) is 4.74 Å². The largest absolute Gasteiger partial charge is 0.382 e. The Labute approximate surface area is 114 Å². The van der Waals surface area contributed by atoms with Crippen LogP contribution in [0.4, 0.5) is 11.4 Å². The number of halogens is 1. The molecule has 1 saturated heterocycles. The summed E-state index contributed by atoms with van der Waals surface area (Å²) in [6.45, 7) is 1.74. The molecule has 2 rings (SSSR count). The lowest BCUT2D eigenvalue weighted by Crippen LogP contribution is -2.19. The second-order valence-corrected chi connectivity index (χ2v) is 5.35. The van der Waals surface area contributed by atoms with Gasteiger partial charge in [0.1, 0.15) is 0 Å². The van der Waals surface area contributed by atoms with Crippen LogP contribution in [0, 0.1) is 0 Å². The Morgan fingerprint density at radius 3 is 2.83 bits per heavy atom. The Bertz CT molecular complexity index is 387. The molecule has 1 aliphatic rings. The summed E-state index contributed by atoms with van der Waals surface area (Å²) in [6, 6.07) is 6.64. The average molecular weight is 269 g/mol. The van der Waals surface area contributed by atoms with E-state index in [1.165, 1.54) is 0 Å². The maximum absolute atomic E-state index is 6.27. The van der Waals surface area contributed by atoms with Crippen LogP contribution in [0.25, 0.3) is 0 Å². The summed E-state index contributed by atoms with van der Waals surface area (Å²) in [7, 11) is 3.99. The molecule has 100 valence electrons. The lowest BCUT2D eigenvalue weighted by molar-refractivity contribution is 0.144. The lowest BCUT2D eigenvalue weighted by Gasteiger charge is -2.19. The molecule has 0 bridgehead atoms. The number of ether oxygens (including phenoxy) is 1. The van der Waals surface area contributed by atoms with Crippen molar-refractivity contribution in [3.63, 3.8) is 0 Å². The number of nitrogens with zero attached hydrogens (tertiary/aromatic N) is 1. The molecule has 1 fully saturated rings. The highest BCUT2D eigenvalue weighted by Gasteiger charge is 2.12. The van der Waals surface area contributed by atoms with Crippen molar-refractivity contribution in [2.45, 2.75) is 25.3 Å². The SMILES string of the molecule is CN(C)c1ccc(NC2CCCOCC2)cc1Cl. The van der Waals surface area contributed by atoms with E-state index in [1.807, 2.05) is 25.1 Å². The molecule has 0 aromatic heterocycles. The van der Waals surface area contributed by atoms with Crippen LogP contribution in [0.2, 0.25) is 5.02 Å². The van der Waals surface area contributed by atoms with E-state index >= 15 is 0 Å². The van der Waals surface area contributed by atoms with Gasteiger partial charge in [0.15, 0.2) is 0 Å². The Morgan fingerprint density at radius 1 is 1.28 bits per heavy atom. The predicted octanol–water partition coefficient (Wildman–Crippen LogP) is 3.39. The van der Waals surface area contributed by atoms with Gasteiger partial charge in [0.05, 0.1) is 10.7 Å². The Kier molecular flexibility index (Phi) is 4.72. The monoisotopic (exact) mass is 268 g/mol. The van der Waals surface area contributed by atoms with E-state index in [-0.39, 0.29) is 0 Å². The molecule has 0 radical (unpaired) electrons. The minimum Gasteiger partial charge on any atom is -0.382 e. The number of benzene rings is 1. The molecule has 0 amide bonds. The topological polar surface area (TPSA) is 24.5 Å². The summed E-state index contributed by atoms with van der Waals surface area (Å²) >= 11 is 6.27. The van der Waals surface area contributed by atoms with Crippen molar-refractivity contribution < 1.29 is 4.74 Å². The van der Waals surface area contributed by atoms with Crippen molar-refractivity contribution in [3.8, 4) is 0 Å². The van der Waals surface area contributed by atoms with Gasteiger partial charge in [-0.25, -0.2) is 0 Å². The van der Waals surface area contributed by atoms with Crippen molar-refractivity contribution in [2.24, 2.45) is 0 Å². The van der Waals surface area contributed by atoms with Gasteiger partial charge in [-0.15, -0.1) is 0 Å². The zero-order valence-electron chi connectivity index (χ0n) is 11.1. The lowest BCUT2D eigenvalue weighted by atomic mass is 10.1. The van der Waals surface area contributed by atoms with Gasteiger partial charge < -0.3 is 15.0 Å². The molecule has 3 nitrogen and oxygen atoms in total. The van der Waals surface area contributed by atoms with Crippen LogP contribution in [-0.4, -0.2) is 33.4 Å². The third kappa shape index (κ3) is 3.53. The molecule has 18 heavy (non-hydrogen) atoms. The first-order valence-electron chi connectivity index (χ1n) is 6.48. The predicted molar refractivity (Wildman–Crippen MR) is 77.9 cm³/mol. The standard InChI is InChI=1S/C14H21ClN2O/c1-17(2)14-6-5-12(10-13(14)15)16-11-4-3-8-18-9-7-11/h5-6,10-11,16H,3-4,7-9H2,1-2H3. The van der Waals surface area contributed by atoms with Crippen LogP contribution in [0.1, 0.15) is 19.3 Å². The molecule has 0 saturated carbocycles. The number of anilines is 2. The van der Waals surface area contributed by atoms with Gasteiger partial charge in [-0.05, 0) is 37.5 Å². The van der Waals surface area contributed by atoms with Crippen LogP contribution >= 0.6 is 11.6 Å². The molecule has 1 N–H and O–H groups in total. The van der Waals surface area contributed by atoms with Crippen LogP contribution < -0.4 is 10.2 Å². The van der Waals surface area contributed by atoms with Gasteiger partial charge >= 0.3 is 0 Å². The Hall–Kier alpha value is -0.930. The fraction of sp³-hybridized carbons (Fsp3) is 0.571. The molecule has 1 atom stereocenters. The normalized spacial score (nSPS) is 20.3. The van der Waals surface area contributed by atoms with E-state index in [1.54, 1.807) is 0 Å². The Balaban J connectivity index is 2.02. The zero-order valence-corrected chi connectivity index (χ0v) is 11.8. The minimum absolute atomic E-state index is 0.494. The molecule has 1 heterocycles. The van der Waals surface area contributed by atoms with Gasteiger partial charge in [-0.3, -0.25) is 0 Å². The molecule has 1 unspecified atom stereocenters. The van der Waals surface area contributed by atoms with Gasteiger partial charge in [0, 0.05) is 39.0 Å². The third-order valence-electron chi connectivity index (χ3n) is 3.25. The Morgan fingerprint density at radius 2 is 2.11 bits per heavy atom. The van der Waals surface area contributed by atoms with E-state index in [9.17, 15) is 0 Å². The molecule has 0 aliphatic carbocycles. The van der Waals surface area contributed by atoms with Gasteiger partial charge in [0.2, 0.25) is 0 Å². The van der Waals surface area contributed by atoms with Crippen molar-refractivity contribution in [1.82, 2.24) is 0 Å². The first kappa shape index (κ1) is 13.5. The number of nitrogens with one attached hydrogen (secondary N) is 1. The first-order valence-corrected chi connectivity index (χ1v) is 6.86. The molecule has 4 heteroatoms. The van der Waals surface area contributed by atoms with Gasteiger partial charge in [0.25, 0.3) is 0 Å². The van der Waals surface area contributed by atoms with E-state index in [4.69, 9.17) is 16.3 Å². The van der Waals surface area contributed by atoms with E-state index in [0.29, 0.717) is 6.04 Å². The van der Waals surface area contributed by atoms with Crippen molar-refractivity contribution >= 4 is 23.0 Å². The molecular formula is C14H21ClN2O. The van der Waals surface area contributed by atoms with E-state index in [0.717, 1.165) is 48.9 Å². The maximum atomic E-state index is 6.27. The molecule has 0 spiro atoms. The summed E-state index contributed by atoms with van der Waals surface area (Å²) in [5, 5.41) is 4.33.